The number of nitrogens with one attached hydrogen (secondary N) is 1. The van der Waals surface area contributed by atoms with Crippen molar-refractivity contribution >= 4 is 48.5 Å². The molecule has 106 valence electrons. The Labute approximate surface area is 134 Å². The van der Waals surface area contributed by atoms with Gasteiger partial charge in [-0.2, -0.15) is 0 Å². The molecule has 0 saturated heterocycles. The van der Waals surface area contributed by atoms with Crippen LogP contribution in [0.1, 0.15) is 21.5 Å². The first kappa shape index (κ1) is 14.2. The molecule has 0 spiro atoms. The van der Waals surface area contributed by atoms with Crippen molar-refractivity contribution in [3.63, 3.8) is 0 Å². The topological polar surface area (TPSA) is 54.9 Å². The average Bonchev–Trinajstić information content (AvgIpc) is 2.88. The molecule has 0 aliphatic carbocycles. The molecule has 0 aliphatic heterocycles. The number of nitrogens with zero attached hydrogens (tertiary/aromatic N) is 2. The Hall–Kier alpha value is -1.79. The largest absolute Gasteiger partial charge is 0.298 e. The first-order chi connectivity index (χ1) is 10.0. The molecule has 0 fully saturated rings. The van der Waals surface area contributed by atoms with E-state index in [-0.39, 0.29) is 5.91 Å². The van der Waals surface area contributed by atoms with Crippen LogP contribution in [0.4, 0.5) is 5.13 Å². The molecule has 3 rings (SSSR count). The van der Waals surface area contributed by atoms with E-state index < -0.39 is 0 Å². The van der Waals surface area contributed by atoms with Gasteiger partial charge in [0.2, 0.25) is 0 Å². The van der Waals surface area contributed by atoms with Gasteiger partial charge in [-0.3, -0.25) is 15.1 Å². The number of fused-ring (bicyclic) bond motifs is 1. The van der Waals surface area contributed by atoms with Gasteiger partial charge in [0.1, 0.15) is 0 Å². The van der Waals surface area contributed by atoms with Gasteiger partial charge in [-0.1, -0.05) is 23.5 Å². The summed E-state index contributed by atoms with van der Waals surface area (Å²) in [6.45, 7) is 4.06. The molecule has 0 atom stereocenters. The van der Waals surface area contributed by atoms with Crippen LogP contribution in [0.15, 0.2) is 35.1 Å². The van der Waals surface area contributed by atoms with E-state index in [2.05, 4.69) is 37.3 Å². The van der Waals surface area contributed by atoms with Gasteiger partial charge in [0, 0.05) is 16.9 Å². The van der Waals surface area contributed by atoms with E-state index in [0.717, 1.165) is 25.8 Å². The molecule has 0 radical (unpaired) electrons. The fourth-order valence-corrected chi connectivity index (χ4v) is 3.39. The highest BCUT2D eigenvalue weighted by Gasteiger charge is 2.12. The lowest BCUT2D eigenvalue weighted by molar-refractivity contribution is 0.102. The summed E-state index contributed by atoms with van der Waals surface area (Å²) in [5, 5.41) is 3.44. The number of amides is 1. The molecule has 21 heavy (non-hydrogen) atoms. The van der Waals surface area contributed by atoms with Crippen molar-refractivity contribution < 1.29 is 4.79 Å². The molecule has 0 aliphatic rings. The van der Waals surface area contributed by atoms with Crippen molar-refractivity contribution in [3.8, 4) is 0 Å². The van der Waals surface area contributed by atoms with E-state index in [9.17, 15) is 4.79 Å². The van der Waals surface area contributed by atoms with Gasteiger partial charge in [0.15, 0.2) is 5.13 Å². The van der Waals surface area contributed by atoms with Crippen molar-refractivity contribution in [2.24, 2.45) is 0 Å². The van der Waals surface area contributed by atoms with Crippen LogP contribution in [-0.2, 0) is 0 Å². The molecule has 1 aromatic carbocycles. The molecule has 4 nitrogen and oxygen atoms in total. The van der Waals surface area contributed by atoms with Crippen LogP contribution in [0.3, 0.4) is 0 Å². The fourth-order valence-electron chi connectivity index (χ4n) is 2.02. The zero-order valence-corrected chi connectivity index (χ0v) is 13.9. The summed E-state index contributed by atoms with van der Waals surface area (Å²) >= 11 is 4.80. The molecule has 6 heteroatoms. The van der Waals surface area contributed by atoms with Gasteiger partial charge in [0.05, 0.1) is 15.8 Å². The fraction of sp³-hybridized carbons (Fsp3) is 0.133. The summed E-state index contributed by atoms with van der Waals surface area (Å²) in [6.07, 6.45) is 3.17. The van der Waals surface area contributed by atoms with E-state index in [0.29, 0.717) is 10.7 Å². The number of carbonyl (C=O) groups excluding carboxylic acids is 1. The highest BCUT2D eigenvalue weighted by atomic mass is 79.9. The molecular formula is C15H12BrN3OS. The zero-order chi connectivity index (χ0) is 15.0. The molecule has 3 aromatic rings. The Morgan fingerprint density at radius 2 is 2.00 bits per heavy atom. The molecule has 1 N–H and O–H groups in total. The van der Waals surface area contributed by atoms with E-state index in [1.54, 1.807) is 12.3 Å². The lowest BCUT2D eigenvalue weighted by Gasteiger charge is -2.01. The van der Waals surface area contributed by atoms with Crippen molar-refractivity contribution in [1.29, 1.82) is 0 Å². The van der Waals surface area contributed by atoms with Crippen LogP contribution < -0.4 is 5.32 Å². The Balaban J connectivity index is 1.93. The molecule has 2 heterocycles. The smallest absolute Gasteiger partial charge is 0.259 e. The first-order valence-electron chi connectivity index (χ1n) is 6.33. The summed E-state index contributed by atoms with van der Waals surface area (Å²) in [6, 6.07) is 5.84. The van der Waals surface area contributed by atoms with Gasteiger partial charge < -0.3 is 0 Å². The number of benzene rings is 1. The number of hydrogen-bond donors (Lipinski definition) is 1. The van der Waals surface area contributed by atoms with E-state index in [4.69, 9.17) is 0 Å². The number of rotatable bonds is 2. The summed E-state index contributed by atoms with van der Waals surface area (Å²) in [7, 11) is 0. The second kappa shape index (κ2) is 5.54. The minimum Gasteiger partial charge on any atom is -0.298 e. The molecular weight excluding hydrogens is 350 g/mol. The first-order valence-corrected chi connectivity index (χ1v) is 7.94. The predicted molar refractivity (Wildman–Crippen MR) is 89.0 cm³/mol. The highest BCUT2D eigenvalue weighted by Crippen LogP contribution is 2.31. The van der Waals surface area contributed by atoms with E-state index >= 15 is 0 Å². The summed E-state index contributed by atoms with van der Waals surface area (Å²) in [4.78, 5) is 20.7. The maximum absolute atomic E-state index is 12.2. The van der Waals surface area contributed by atoms with Crippen LogP contribution in [-0.4, -0.2) is 15.9 Å². The van der Waals surface area contributed by atoms with Crippen molar-refractivity contribution in [2.45, 2.75) is 13.8 Å². The predicted octanol–water partition coefficient (Wildman–Crippen LogP) is 4.32. The SMILES string of the molecule is Cc1ccc(C)c2sc(NC(=O)c3cncc(Br)c3)nc12. The van der Waals surface area contributed by atoms with Crippen LogP contribution in [0.2, 0.25) is 0 Å². The molecule has 0 unspecified atom stereocenters. The van der Waals surface area contributed by atoms with Crippen LogP contribution in [0, 0.1) is 13.8 Å². The van der Waals surface area contributed by atoms with Gasteiger partial charge in [-0.05, 0) is 47.0 Å². The minimum absolute atomic E-state index is 0.210. The normalized spacial score (nSPS) is 10.8. The van der Waals surface area contributed by atoms with E-state index in [1.165, 1.54) is 17.5 Å². The third kappa shape index (κ3) is 2.82. The van der Waals surface area contributed by atoms with Crippen molar-refractivity contribution in [2.75, 3.05) is 5.32 Å². The van der Waals surface area contributed by atoms with Crippen molar-refractivity contribution in [1.82, 2.24) is 9.97 Å². The highest BCUT2D eigenvalue weighted by molar-refractivity contribution is 9.10. The standard InChI is InChI=1S/C15H12BrN3OS/c1-8-3-4-9(2)13-12(8)18-15(21-13)19-14(20)10-5-11(16)7-17-6-10/h3-7H,1-2H3,(H,18,19,20). The van der Waals surface area contributed by atoms with Gasteiger partial charge in [-0.25, -0.2) is 4.98 Å². The van der Waals surface area contributed by atoms with Gasteiger partial charge in [0.25, 0.3) is 5.91 Å². The number of hydrogen-bond acceptors (Lipinski definition) is 4. The Morgan fingerprint density at radius 1 is 1.24 bits per heavy atom. The average molecular weight is 362 g/mol. The Morgan fingerprint density at radius 3 is 2.71 bits per heavy atom. The molecule has 0 saturated carbocycles. The number of halogens is 1. The number of anilines is 1. The lowest BCUT2D eigenvalue weighted by Crippen LogP contribution is -2.11. The lowest BCUT2D eigenvalue weighted by atomic mass is 10.1. The number of carbonyl (C=O) groups is 1. The number of pyridine rings is 1. The molecule has 2 aromatic heterocycles. The maximum Gasteiger partial charge on any atom is 0.259 e. The van der Waals surface area contributed by atoms with Crippen LogP contribution in [0.25, 0.3) is 10.2 Å². The second-order valence-corrected chi connectivity index (χ2v) is 6.66. The zero-order valence-electron chi connectivity index (χ0n) is 11.5. The monoisotopic (exact) mass is 361 g/mol. The molecule has 1 amide bonds. The van der Waals surface area contributed by atoms with Crippen LogP contribution in [0.5, 0.6) is 0 Å². The summed E-state index contributed by atoms with van der Waals surface area (Å²) in [5.41, 5.74) is 3.72. The third-order valence-electron chi connectivity index (χ3n) is 3.13. The minimum atomic E-state index is -0.210. The summed E-state index contributed by atoms with van der Waals surface area (Å²) < 4.78 is 1.88. The second-order valence-electron chi connectivity index (χ2n) is 4.74. The van der Waals surface area contributed by atoms with Crippen molar-refractivity contribution in [3.05, 3.63) is 51.8 Å². The van der Waals surface area contributed by atoms with Gasteiger partial charge >= 0.3 is 0 Å². The number of aryl methyl sites for hydroxylation is 2. The van der Waals surface area contributed by atoms with Gasteiger partial charge in [-0.15, -0.1) is 0 Å². The number of aromatic nitrogens is 2. The molecule has 0 bridgehead atoms. The maximum atomic E-state index is 12.2. The Kier molecular flexibility index (Phi) is 3.73. The quantitative estimate of drug-likeness (QED) is 0.739. The van der Waals surface area contributed by atoms with E-state index in [1.807, 2.05) is 19.9 Å². The summed E-state index contributed by atoms with van der Waals surface area (Å²) in [5.74, 6) is -0.210. The Bertz CT molecular complexity index is 805. The van der Waals surface area contributed by atoms with Crippen LogP contribution >= 0.6 is 27.3 Å². The third-order valence-corrected chi connectivity index (χ3v) is 4.67. The number of thiazole rings is 1.